The van der Waals surface area contributed by atoms with Crippen molar-refractivity contribution in [3.63, 3.8) is 0 Å². The summed E-state index contributed by atoms with van der Waals surface area (Å²) in [6, 6.07) is 9.75. The third-order valence-corrected chi connectivity index (χ3v) is 2.72. The fourth-order valence-corrected chi connectivity index (χ4v) is 1.53. The number of benzene rings is 1. The first kappa shape index (κ1) is 15.7. The molecular weight excluding hydrogens is 238 g/mol. The van der Waals surface area contributed by atoms with Crippen molar-refractivity contribution in [1.29, 1.82) is 0 Å². The highest BCUT2D eigenvalue weighted by Crippen LogP contribution is 2.05. The molecule has 1 aromatic carbocycles. The smallest absolute Gasteiger partial charge is 0.0833 e. The lowest BCUT2D eigenvalue weighted by Crippen LogP contribution is -2.31. The fourth-order valence-electron chi connectivity index (χ4n) is 1.53. The summed E-state index contributed by atoms with van der Waals surface area (Å²) in [6.45, 7) is 7.07. The summed E-state index contributed by atoms with van der Waals surface area (Å²) in [5.74, 6) is 0.444. The molecule has 0 fully saturated rings. The number of hydroxylamine groups is 1. The van der Waals surface area contributed by atoms with Crippen molar-refractivity contribution in [2.75, 3.05) is 6.61 Å². The van der Waals surface area contributed by atoms with E-state index < -0.39 is 0 Å². The maximum atomic E-state index is 9.15. The molecule has 1 atom stereocenters. The van der Waals surface area contributed by atoms with E-state index in [0.717, 1.165) is 11.1 Å². The molecule has 19 heavy (non-hydrogen) atoms. The average molecular weight is 261 g/mol. The van der Waals surface area contributed by atoms with Gasteiger partial charge in [0.15, 0.2) is 0 Å². The van der Waals surface area contributed by atoms with Crippen LogP contribution in [-0.2, 0) is 11.3 Å². The molecule has 3 heteroatoms. The first-order valence-electron chi connectivity index (χ1n) is 6.58. The van der Waals surface area contributed by atoms with Gasteiger partial charge >= 0.3 is 0 Å². The molecule has 0 aromatic heterocycles. The molecule has 0 radical (unpaired) electrons. The molecule has 2 N–H and O–H groups in total. The number of hydrogen-bond donors (Lipinski definition) is 2. The molecular formula is C16H23NO2. The highest BCUT2D eigenvalue weighted by atomic mass is 16.5. The van der Waals surface area contributed by atoms with E-state index in [2.05, 4.69) is 25.1 Å². The molecule has 0 unspecified atom stereocenters. The quantitative estimate of drug-likeness (QED) is 0.584. The molecule has 0 spiro atoms. The van der Waals surface area contributed by atoms with Crippen molar-refractivity contribution in [3.8, 4) is 0 Å². The number of ether oxygens (including phenoxy) is 1. The highest BCUT2D eigenvalue weighted by molar-refractivity contribution is 5.13. The SMILES string of the molecule is CC(=C=CC(C)C)[C@@H](COCc1ccccc1)NO. The summed E-state index contributed by atoms with van der Waals surface area (Å²) in [5, 5.41) is 9.15. The molecule has 0 bridgehead atoms. The zero-order valence-electron chi connectivity index (χ0n) is 11.9. The first-order chi connectivity index (χ1) is 9.13. The van der Waals surface area contributed by atoms with Gasteiger partial charge in [0.05, 0.1) is 19.3 Å². The normalized spacial score (nSPS) is 12.1. The Bertz CT molecular complexity index is 420. The summed E-state index contributed by atoms with van der Waals surface area (Å²) >= 11 is 0. The molecule has 104 valence electrons. The maximum Gasteiger partial charge on any atom is 0.0833 e. The summed E-state index contributed by atoms with van der Waals surface area (Å²) in [6.07, 6.45) is 1.98. The standard InChI is InChI=1S/C16H23NO2/c1-13(2)9-10-14(3)16(17-18)12-19-11-15-7-5-4-6-8-15/h4-9,13,16-18H,11-12H2,1-3H3/t10?,16-/m1/s1. The van der Waals surface area contributed by atoms with Crippen LogP contribution in [0.25, 0.3) is 0 Å². The van der Waals surface area contributed by atoms with Gasteiger partial charge in [0.2, 0.25) is 0 Å². The van der Waals surface area contributed by atoms with Crippen LogP contribution in [0.4, 0.5) is 0 Å². The predicted molar refractivity (Wildman–Crippen MR) is 76.9 cm³/mol. The predicted octanol–water partition coefficient (Wildman–Crippen LogP) is 3.31. The van der Waals surface area contributed by atoms with E-state index in [1.165, 1.54) is 0 Å². The second-order valence-electron chi connectivity index (χ2n) is 4.92. The van der Waals surface area contributed by atoms with Crippen LogP contribution in [0.15, 0.2) is 47.7 Å². The Morgan fingerprint density at radius 1 is 1.37 bits per heavy atom. The van der Waals surface area contributed by atoms with Gasteiger partial charge in [-0.3, -0.25) is 0 Å². The Balaban J connectivity index is 2.47. The molecule has 1 rings (SSSR count). The molecule has 1 aromatic rings. The molecule has 0 aliphatic rings. The van der Waals surface area contributed by atoms with Crippen LogP contribution < -0.4 is 5.48 Å². The van der Waals surface area contributed by atoms with Crippen LogP contribution in [0, 0.1) is 5.92 Å². The van der Waals surface area contributed by atoms with E-state index in [-0.39, 0.29) is 6.04 Å². The van der Waals surface area contributed by atoms with Crippen LogP contribution >= 0.6 is 0 Å². The van der Waals surface area contributed by atoms with Gasteiger partial charge in [0, 0.05) is 0 Å². The van der Waals surface area contributed by atoms with Gasteiger partial charge in [0.1, 0.15) is 0 Å². The average Bonchev–Trinajstić information content (AvgIpc) is 2.42. The Labute approximate surface area is 115 Å². The number of hydrogen-bond acceptors (Lipinski definition) is 3. The molecule has 0 saturated heterocycles. The lowest BCUT2D eigenvalue weighted by Gasteiger charge is -2.14. The fraction of sp³-hybridized carbons (Fsp3) is 0.438. The zero-order chi connectivity index (χ0) is 14.1. The van der Waals surface area contributed by atoms with Crippen molar-refractivity contribution in [1.82, 2.24) is 5.48 Å². The van der Waals surface area contributed by atoms with Crippen molar-refractivity contribution < 1.29 is 9.94 Å². The van der Waals surface area contributed by atoms with Gasteiger partial charge in [-0.15, -0.1) is 5.73 Å². The summed E-state index contributed by atoms with van der Waals surface area (Å²) in [5.41, 5.74) is 7.50. The van der Waals surface area contributed by atoms with Gasteiger partial charge in [-0.05, 0) is 30.1 Å². The zero-order valence-corrected chi connectivity index (χ0v) is 11.9. The third kappa shape index (κ3) is 6.37. The van der Waals surface area contributed by atoms with Gasteiger partial charge in [-0.1, -0.05) is 44.2 Å². The Morgan fingerprint density at radius 3 is 2.63 bits per heavy atom. The minimum atomic E-state index is -0.223. The lowest BCUT2D eigenvalue weighted by molar-refractivity contribution is 0.0547. The summed E-state index contributed by atoms with van der Waals surface area (Å²) in [7, 11) is 0. The van der Waals surface area contributed by atoms with Crippen LogP contribution in [0.5, 0.6) is 0 Å². The van der Waals surface area contributed by atoms with E-state index in [0.29, 0.717) is 19.1 Å². The monoisotopic (exact) mass is 261 g/mol. The van der Waals surface area contributed by atoms with Crippen molar-refractivity contribution >= 4 is 0 Å². The van der Waals surface area contributed by atoms with E-state index in [9.17, 15) is 0 Å². The van der Waals surface area contributed by atoms with E-state index in [4.69, 9.17) is 9.94 Å². The van der Waals surface area contributed by atoms with Gasteiger partial charge in [-0.25, -0.2) is 0 Å². The van der Waals surface area contributed by atoms with Crippen molar-refractivity contribution in [3.05, 3.63) is 53.3 Å². The van der Waals surface area contributed by atoms with Crippen LogP contribution in [0.1, 0.15) is 26.3 Å². The van der Waals surface area contributed by atoms with Crippen LogP contribution in [0.2, 0.25) is 0 Å². The van der Waals surface area contributed by atoms with Gasteiger partial charge in [-0.2, -0.15) is 5.48 Å². The third-order valence-electron chi connectivity index (χ3n) is 2.72. The molecule has 3 nitrogen and oxygen atoms in total. The highest BCUT2D eigenvalue weighted by Gasteiger charge is 2.09. The number of nitrogens with one attached hydrogen (secondary N) is 1. The molecule has 0 aliphatic carbocycles. The maximum absolute atomic E-state index is 9.15. The second-order valence-corrected chi connectivity index (χ2v) is 4.92. The van der Waals surface area contributed by atoms with E-state index in [1.54, 1.807) is 0 Å². The number of rotatable bonds is 7. The minimum absolute atomic E-state index is 0.223. The van der Waals surface area contributed by atoms with E-state index in [1.807, 2.05) is 43.3 Å². The molecule has 0 amide bonds. The lowest BCUT2D eigenvalue weighted by atomic mass is 10.1. The van der Waals surface area contributed by atoms with Crippen molar-refractivity contribution in [2.45, 2.75) is 33.4 Å². The molecule has 0 aliphatic heterocycles. The Hall–Kier alpha value is -1.38. The first-order valence-corrected chi connectivity index (χ1v) is 6.58. The van der Waals surface area contributed by atoms with Crippen LogP contribution in [0.3, 0.4) is 0 Å². The molecule has 0 saturated carbocycles. The Kier molecular flexibility index (Phi) is 7.16. The van der Waals surface area contributed by atoms with Gasteiger partial charge in [0.25, 0.3) is 0 Å². The van der Waals surface area contributed by atoms with Gasteiger partial charge < -0.3 is 9.94 Å². The second kappa shape index (κ2) is 8.68. The molecule has 0 heterocycles. The topological polar surface area (TPSA) is 41.5 Å². The minimum Gasteiger partial charge on any atom is -0.375 e. The summed E-state index contributed by atoms with van der Waals surface area (Å²) < 4.78 is 5.60. The Morgan fingerprint density at radius 2 is 2.05 bits per heavy atom. The largest absolute Gasteiger partial charge is 0.375 e. The van der Waals surface area contributed by atoms with Crippen LogP contribution in [-0.4, -0.2) is 17.9 Å². The van der Waals surface area contributed by atoms with E-state index >= 15 is 0 Å². The summed E-state index contributed by atoms with van der Waals surface area (Å²) in [4.78, 5) is 0. The van der Waals surface area contributed by atoms with Crippen molar-refractivity contribution in [2.24, 2.45) is 5.92 Å².